The quantitative estimate of drug-likeness (QED) is 0.744. The standard InChI is InChI=1S/C12H22N4O/c1-7(2)11-14-9(13)6-10(15-11)16-12(4,5)8(3)17/h6-8,17H,1-5H3,(H3,13,14,15,16). The van der Waals surface area contributed by atoms with E-state index < -0.39 is 11.6 Å². The molecule has 1 rings (SSSR count). The second-order valence-electron chi connectivity index (χ2n) is 5.21. The van der Waals surface area contributed by atoms with E-state index in [-0.39, 0.29) is 5.92 Å². The third kappa shape index (κ3) is 3.56. The molecule has 0 aromatic carbocycles. The van der Waals surface area contributed by atoms with Gasteiger partial charge in [-0.3, -0.25) is 0 Å². The fourth-order valence-corrected chi connectivity index (χ4v) is 1.24. The highest BCUT2D eigenvalue weighted by Gasteiger charge is 2.24. The van der Waals surface area contributed by atoms with Gasteiger partial charge < -0.3 is 16.2 Å². The first-order chi connectivity index (χ1) is 7.72. The summed E-state index contributed by atoms with van der Waals surface area (Å²) in [6.45, 7) is 9.58. The molecule has 0 radical (unpaired) electrons. The fourth-order valence-electron chi connectivity index (χ4n) is 1.24. The highest BCUT2D eigenvalue weighted by Crippen LogP contribution is 2.20. The maximum absolute atomic E-state index is 9.65. The van der Waals surface area contributed by atoms with Crippen molar-refractivity contribution < 1.29 is 5.11 Å². The lowest BCUT2D eigenvalue weighted by atomic mass is 9.99. The van der Waals surface area contributed by atoms with E-state index in [0.29, 0.717) is 17.5 Å². The molecular formula is C12H22N4O. The Kier molecular flexibility index (Phi) is 3.93. The van der Waals surface area contributed by atoms with Crippen LogP contribution in [0.1, 0.15) is 46.4 Å². The largest absolute Gasteiger partial charge is 0.391 e. The Bertz CT molecular complexity index is 388. The third-order valence-electron chi connectivity index (χ3n) is 2.77. The van der Waals surface area contributed by atoms with E-state index in [1.54, 1.807) is 13.0 Å². The molecule has 1 aromatic heterocycles. The van der Waals surface area contributed by atoms with Gasteiger partial charge in [0, 0.05) is 12.0 Å². The van der Waals surface area contributed by atoms with E-state index in [4.69, 9.17) is 5.73 Å². The highest BCUT2D eigenvalue weighted by molar-refractivity contribution is 5.46. The average molecular weight is 238 g/mol. The number of hydrogen-bond donors (Lipinski definition) is 3. The van der Waals surface area contributed by atoms with Crippen LogP contribution in [0.5, 0.6) is 0 Å². The number of aromatic nitrogens is 2. The van der Waals surface area contributed by atoms with Gasteiger partial charge in [-0.25, -0.2) is 9.97 Å². The number of nitrogens with zero attached hydrogens (tertiary/aromatic N) is 2. The minimum atomic E-state index is -0.499. The lowest BCUT2D eigenvalue weighted by molar-refractivity contribution is 0.133. The molecule has 0 bridgehead atoms. The second-order valence-corrected chi connectivity index (χ2v) is 5.21. The SMILES string of the molecule is CC(C)c1nc(N)cc(NC(C)(C)C(C)O)n1. The zero-order chi connectivity index (χ0) is 13.2. The molecular weight excluding hydrogens is 216 g/mol. The van der Waals surface area contributed by atoms with E-state index in [1.807, 2.05) is 27.7 Å². The van der Waals surface area contributed by atoms with Crippen LogP contribution in [0.3, 0.4) is 0 Å². The molecule has 0 saturated heterocycles. The van der Waals surface area contributed by atoms with Crippen LogP contribution in [-0.4, -0.2) is 26.7 Å². The van der Waals surface area contributed by atoms with Crippen molar-refractivity contribution in [2.24, 2.45) is 0 Å². The normalized spacial score (nSPS) is 13.8. The molecule has 0 fully saturated rings. The van der Waals surface area contributed by atoms with Gasteiger partial charge in [0.05, 0.1) is 11.6 Å². The van der Waals surface area contributed by atoms with Crippen LogP contribution in [-0.2, 0) is 0 Å². The highest BCUT2D eigenvalue weighted by atomic mass is 16.3. The number of nitrogens with two attached hydrogens (primary N) is 1. The summed E-state index contributed by atoms with van der Waals surface area (Å²) in [5, 5.41) is 12.8. The molecule has 5 heteroatoms. The lowest BCUT2D eigenvalue weighted by Gasteiger charge is -2.30. The van der Waals surface area contributed by atoms with E-state index in [0.717, 1.165) is 0 Å². The number of aliphatic hydroxyl groups excluding tert-OH is 1. The lowest BCUT2D eigenvalue weighted by Crippen LogP contribution is -2.42. The summed E-state index contributed by atoms with van der Waals surface area (Å²) in [6, 6.07) is 1.68. The molecule has 5 nitrogen and oxygen atoms in total. The summed E-state index contributed by atoms with van der Waals surface area (Å²) in [5.74, 6) is 2.00. The van der Waals surface area contributed by atoms with Crippen molar-refractivity contribution in [3.8, 4) is 0 Å². The van der Waals surface area contributed by atoms with Crippen molar-refractivity contribution >= 4 is 11.6 Å². The van der Waals surface area contributed by atoms with Crippen molar-refractivity contribution in [3.63, 3.8) is 0 Å². The fraction of sp³-hybridized carbons (Fsp3) is 0.667. The van der Waals surface area contributed by atoms with Crippen LogP contribution in [0.15, 0.2) is 6.07 Å². The average Bonchev–Trinajstić information content (AvgIpc) is 2.15. The maximum atomic E-state index is 9.65. The van der Waals surface area contributed by atoms with Gasteiger partial charge in [-0.05, 0) is 20.8 Å². The summed E-state index contributed by atoms with van der Waals surface area (Å²) in [4.78, 5) is 8.56. The van der Waals surface area contributed by atoms with Crippen molar-refractivity contribution in [2.45, 2.75) is 52.2 Å². The van der Waals surface area contributed by atoms with Gasteiger partial charge in [-0.1, -0.05) is 13.8 Å². The van der Waals surface area contributed by atoms with Gasteiger partial charge in [-0.2, -0.15) is 0 Å². The Morgan fingerprint density at radius 1 is 1.29 bits per heavy atom. The predicted octanol–water partition coefficient (Wildman–Crippen LogP) is 1.75. The molecule has 4 N–H and O–H groups in total. The van der Waals surface area contributed by atoms with Crippen LogP contribution in [0.4, 0.5) is 11.6 Å². The number of nitrogen functional groups attached to an aromatic ring is 1. The number of anilines is 2. The van der Waals surface area contributed by atoms with Crippen molar-refractivity contribution in [1.82, 2.24) is 9.97 Å². The smallest absolute Gasteiger partial charge is 0.135 e. The van der Waals surface area contributed by atoms with E-state index in [9.17, 15) is 5.11 Å². The second kappa shape index (κ2) is 4.87. The number of rotatable bonds is 4. The Morgan fingerprint density at radius 3 is 2.35 bits per heavy atom. The van der Waals surface area contributed by atoms with Gasteiger partial charge in [0.15, 0.2) is 0 Å². The van der Waals surface area contributed by atoms with Crippen molar-refractivity contribution in [1.29, 1.82) is 0 Å². The third-order valence-corrected chi connectivity index (χ3v) is 2.77. The summed E-state index contributed by atoms with van der Waals surface area (Å²) in [7, 11) is 0. The summed E-state index contributed by atoms with van der Waals surface area (Å²) < 4.78 is 0. The molecule has 0 aliphatic rings. The van der Waals surface area contributed by atoms with Gasteiger partial charge in [0.25, 0.3) is 0 Å². The van der Waals surface area contributed by atoms with E-state index in [2.05, 4.69) is 15.3 Å². The van der Waals surface area contributed by atoms with E-state index >= 15 is 0 Å². The first kappa shape index (κ1) is 13.7. The molecule has 0 aliphatic carbocycles. The molecule has 0 saturated carbocycles. The molecule has 0 spiro atoms. The Morgan fingerprint density at radius 2 is 1.88 bits per heavy atom. The molecule has 96 valence electrons. The molecule has 0 amide bonds. The van der Waals surface area contributed by atoms with E-state index in [1.165, 1.54) is 0 Å². The Labute approximate surface area is 102 Å². The summed E-state index contributed by atoms with van der Waals surface area (Å²) in [5.41, 5.74) is 5.28. The monoisotopic (exact) mass is 238 g/mol. The van der Waals surface area contributed by atoms with Crippen LogP contribution < -0.4 is 11.1 Å². The molecule has 1 atom stereocenters. The van der Waals surface area contributed by atoms with Gasteiger partial charge in [-0.15, -0.1) is 0 Å². The van der Waals surface area contributed by atoms with Crippen LogP contribution in [0, 0.1) is 0 Å². The summed E-state index contributed by atoms with van der Waals surface area (Å²) >= 11 is 0. The minimum Gasteiger partial charge on any atom is -0.391 e. The first-order valence-electron chi connectivity index (χ1n) is 5.83. The number of nitrogens with one attached hydrogen (secondary N) is 1. The number of aliphatic hydroxyl groups is 1. The maximum Gasteiger partial charge on any atom is 0.135 e. The van der Waals surface area contributed by atoms with Gasteiger partial charge in [0.1, 0.15) is 17.5 Å². The minimum absolute atomic E-state index is 0.216. The Balaban J connectivity index is 2.99. The molecule has 1 aromatic rings. The van der Waals surface area contributed by atoms with Crippen molar-refractivity contribution in [2.75, 3.05) is 11.1 Å². The van der Waals surface area contributed by atoms with Gasteiger partial charge >= 0.3 is 0 Å². The zero-order valence-corrected chi connectivity index (χ0v) is 11.2. The molecule has 1 heterocycles. The van der Waals surface area contributed by atoms with Crippen LogP contribution in [0.2, 0.25) is 0 Å². The van der Waals surface area contributed by atoms with Crippen LogP contribution in [0.25, 0.3) is 0 Å². The summed E-state index contributed by atoms with van der Waals surface area (Å²) in [6.07, 6.45) is -0.499. The molecule has 0 aliphatic heterocycles. The zero-order valence-electron chi connectivity index (χ0n) is 11.2. The van der Waals surface area contributed by atoms with Gasteiger partial charge in [0.2, 0.25) is 0 Å². The topological polar surface area (TPSA) is 84.1 Å². The first-order valence-corrected chi connectivity index (χ1v) is 5.83. The number of hydrogen-bond acceptors (Lipinski definition) is 5. The molecule has 17 heavy (non-hydrogen) atoms. The Hall–Kier alpha value is -1.36. The van der Waals surface area contributed by atoms with Crippen LogP contribution >= 0.6 is 0 Å². The van der Waals surface area contributed by atoms with Crippen molar-refractivity contribution in [3.05, 3.63) is 11.9 Å². The molecule has 1 unspecified atom stereocenters. The predicted molar refractivity (Wildman–Crippen MR) is 69.9 cm³/mol.